The van der Waals surface area contributed by atoms with Gasteiger partial charge in [-0.25, -0.2) is 0 Å². The van der Waals surface area contributed by atoms with Crippen LogP contribution in [0.15, 0.2) is 206 Å². The van der Waals surface area contributed by atoms with E-state index in [1.165, 1.54) is 4.57 Å². The summed E-state index contributed by atoms with van der Waals surface area (Å²) in [5.74, 6) is 0. The van der Waals surface area contributed by atoms with Gasteiger partial charge in [-0.3, -0.25) is 0 Å². The molecule has 0 spiro atoms. The third-order valence-corrected chi connectivity index (χ3v) is 19.6. The zero-order valence-electron chi connectivity index (χ0n) is 41.9. The van der Waals surface area contributed by atoms with Crippen molar-refractivity contribution in [2.75, 3.05) is 0 Å². The fourth-order valence-corrected chi connectivity index (χ4v) is 17.5. The summed E-state index contributed by atoms with van der Waals surface area (Å²) in [7, 11) is 0. The molecule has 8 aromatic carbocycles. The van der Waals surface area contributed by atoms with E-state index in [2.05, 4.69) is 36.4 Å². The van der Waals surface area contributed by atoms with E-state index >= 15 is 0 Å². The van der Waals surface area contributed by atoms with E-state index < -0.39 is 110 Å². The van der Waals surface area contributed by atoms with E-state index in [0.717, 1.165) is 22.2 Å². The molecule has 0 aliphatic carbocycles. The molecule has 2 aromatic heterocycles. The predicted octanol–water partition coefficient (Wildman–Crippen LogP) is 9.26. The van der Waals surface area contributed by atoms with Gasteiger partial charge in [-0.15, -0.1) is 0 Å². The fourth-order valence-electron chi connectivity index (χ4n) is 7.46. The SMILES string of the molecule is [2H]c1c([2H])c([2H])c2c(c1[2H])c1c([2H])c(-n3c4c([2H])c([2H])c([2H])c([2H])c4c4c([2H])c([2H])c([2H])c([2H])c43)c([2H])c([2H])c1n2-c1ccc[c]([Ge]([c]2ccccc2)([c]2ccccc2)[c]2ccccc2)c1. The van der Waals surface area contributed by atoms with Crippen molar-refractivity contribution in [1.29, 1.82) is 0 Å². The van der Waals surface area contributed by atoms with Gasteiger partial charge in [-0.2, -0.15) is 0 Å². The summed E-state index contributed by atoms with van der Waals surface area (Å²) in [5, 5.41) is -0.873. The second-order valence-electron chi connectivity index (χ2n) is 12.2. The van der Waals surface area contributed by atoms with Crippen LogP contribution in [0.3, 0.4) is 0 Å². The van der Waals surface area contributed by atoms with Crippen LogP contribution >= 0.6 is 0 Å². The zero-order valence-corrected chi connectivity index (χ0v) is 29.0. The Balaban J connectivity index is 1.39. The average Bonchev–Trinajstić information content (AvgIpc) is 3.89. The first-order valence-corrected chi connectivity index (χ1v) is 20.6. The summed E-state index contributed by atoms with van der Waals surface area (Å²) in [5.41, 5.74) is -0.977. The summed E-state index contributed by atoms with van der Waals surface area (Å²) in [6.45, 7) is 0. The van der Waals surface area contributed by atoms with Crippen molar-refractivity contribution in [1.82, 2.24) is 9.13 Å². The van der Waals surface area contributed by atoms with E-state index in [-0.39, 0.29) is 43.6 Å². The van der Waals surface area contributed by atoms with Gasteiger partial charge < -0.3 is 0 Å². The molecule has 240 valence electrons. The Bertz CT molecular complexity index is 3530. The first-order chi connectivity index (χ1) is 31.6. The summed E-state index contributed by atoms with van der Waals surface area (Å²) < 4.78 is 143. The molecule has 10 rings (SSSR count). The predicted molar refractivity (Wildman–Crippen MR) is 219 cm³/mol. The van der Waals surface area contributed by atoms with E-state index in [1.807, 2.05) is 72.8 Å². The van der Waals surface area contributed by atoms with Crippen LogP contribution in [0.1, 0.15) is 20.6 Å². The second kappa shape index (κ2) is 12.0. The van der Waals surface area contributed by atoms with Crippen molar-refractivity contribution in [3.63, 3.8) is 0 Å². The van der Waals surface area contributed by atoms with Crippen molar-refractivity contribution < 1.29 is 20.6 Å². The molecule has 51 heavy (non-hydrogen) atoms. The van der Waals surface area contributed by atoms with E-state index in [1.54, 1.807) is 6.07 Å². The second-order valence-corrected chi connectivity index (χ2v) is 20.2. The van der Waals surface area contributed by atoms with Gasteiger partial charge in [-0.05, 0) is 0 Å². The van der Waals surface area contributed by atoms with Crippen LogP contribution in [0.25, 0.3) is 55.0 Å². The summed E-state index contributed by atoms with van der Waals surface area (Å²) in [6, 6.07) is 28.9. The van der Waals surface area contributed by atoms with Crippen molar-refractivity contribution in [3.05, 3.63) is 206 Å². The molecule has 0 atom stereocenters. The molecule has 0 N–H and O–H groups in total. The van der Waals surface area contributed by atoms with Gasteiger partial charge in [0, 0.05) is 0 Å². The number of nitrogens with zero attached hydrogens (tertiary/aromatic N) is 2. The summed E-state index contributed by atoms with van der Waals surface area (Å²) in [6.07, 6.45) is 0. The fraction of sp³-hybridized carbons (Fsp3) is 0. The molecule has 0 aliphatic rings. The van der Waals surface area contributed by atoms with Crippen LogP contribution in [0.2, 0.25) is 0 Å². The van der Waals surface area contributed by atoms with Crippen molar-refractivity contribution in [2.24, 2.45) is 0 Å². The molecule has 0 saturated carbocycles. The number of benzene rings is 8. The molecular weight excluding hydrogens is 677 g/mol. The van der Waals surface area contributed by atoms with Gasteiger partial charge in [0.25, 0.3) is 0 Å². The Morgan fingerprint density at radius 2 is 0.765 bits per heavy atom. The molecule has 3 heteroatoms. The van der Waals surface area contributed by atoms with Crippen LogP contribution in [-0.4, -0.2) is 22.4 Å². The molecule has 10 aromatic rings. The van der Waals surface area contributed by atoms with Crippen molar-refractivity contribution in [2.45, 2.75) is 0 Å². The Labute approximate surface area is 320 Å². The number of hydrogen-bond donors (Lipinski definition) is 0. The molecule has 0 saturated heterocycles. The van der Waals surface area contributed by atoms with Crippen LogP contribution in [0, 0.1) is 0 Å². The Kier molecular flexibility index (Phi) is 4.31. The van der Waals surface area contributed by atoms with Gasteiger partial charge >= 0.3 is 301 Å². The van der Waals surface area contributed by atoms with Crippen LogP contribution < -0.4 is 17.6 Å². The normalized spacial score (nSPS) is 16.0. The minimum atomic E-state index is -3.99. The molecule has 2 nitrogen and oxygen atoms in total. The molecular formula is C48H34GeN2. The number of fused-ring (bicyclic) bond motifs is 6. The third-order valence-electron chi connectivity index (χ3n) is 9.56. The van der Waals surface area contributed by atoms with E-state index in [9.17, 15) is 6.85 Å². The van der Waals surface area contributed by atoms with Crippen molar-refractivity contribution >= 4 is 74.5 Å². The summed E-state index contributed by atoms with van der Waals surface area (Å²) in [4.78, 5) is 0. The van der Waals surface area contributed by atoms with Gasteiger partial charge in [0.2, 0.25) is 0 Å². The van der Waals surface area contributed by atoms with Gasteiger partial charge in [0.05, 0.1) is 8.22 Å². The van der Waals surface area contributed by atoms with Crippen LogP contribution in [0.5, 0.6) is 0 Å². The molecule has 0 bridgehead atoms. The van der Waals surface area contributed by atoms with Gasteiger partial charge in [-0.1, -0.05) is 12.1 Å². The summed E-state index contributed by atoms with van der Waals surface area (Å²) >= 11 is -3.99. The van der Waals surface area contributed by atoms with Crippen LogP contribution in [-0.2, 0) is 0 Å². The Morgan fingerprint density at radius 1 is 0.353 bits per heavy atom. The number of aromatic nitrogens is 2. The number of rotatable bonds is 6. The third kappa shape index (κ3) is 4.57. The zero-order chi connectivity index (χ0) is 46.8. The molecule has 0 fully saturated rings. The molecule has 0 aliphatic heterocycles. The van der Waals surface area contributed by atoms with Gasteiger partial charge in [0.15, 0.2) is 0 Å². The van der Waals surface area contributed by atoms with E-state index in [0.29, 0.717) is 5.69 Å². The van der Waals surface area contributed by atoms with E-state index in [4.69, 9.17) is 13.7 Å². The molecule has 2 heterocycles. The monoisotopic (exact) mass is 727 g/mol. The Hall–Kier alpha value is -6.10. The first-order valence-electron chi connectivity index (χ1n) is 23.9. The minimum absolute atomic E-state index is 0.0741. The number of para-hydroxylation sites is 3. The van der Waals surface area contributed by atoms with Crippen LogP contribution in [0.4, 0.5) is 0 Å². The first kappa shape index (κ1) is 18.2. The average molecular weight is 727 g/mol. The molecule has 0 unspecified atom stereocenters. The quantitative estimate of drug-likeness (QED) is 0.151. The maximum atomic E-state index is 10.0. The molecule has 0 amide bonds. The standard InChI is InChI=1S/C48H34GeN2/c1-4-17-35(18-5-1)49(36-19-6-2-7-20-36,37-21-8-3-9-22-37)38-23-16-24-39(33-38)50-47-30-15-12-27-43(47)44-34-40(31-32-48(44)50)51-45-28-13-10-25-41(45)42-26-11-14-29-46(42)51/h1-34H/i10D,11D,12D,13D,14D,15D,25D,26D,27D,28D,29D,30D,31D,32D,34D. The molecule has 0 radical (unpaired) electrons. The maximum absolute atomic E-state index is 10.0. The van der Waals surface area contributed by atoms with Gasteiger partial charge in [0.1, 0.15) is 0 Å². The topological polar surface area (TPSA) is 9.86 Å². The van der Waals surface area contributed by atoms with Crippen molar-refractivity contribution in [3.8, 4) is 11.4 Å². The number of hydrogen-bond acceptors (Lipinski definition) is 0. The Morgan fingerprint density at radius 3 is 1.27 bits per heavy atom.